The number of rotatable bonds is 3. The Morgan fingerprint density at radius 3 is 2.82 bits per heavy atom. The van der Waals surface area contributed by atoms with Crippen molar-refractivity contribution in [2.75, 3.05) is 20.2 Å². The highest BCUT2D eigenvalue weighted by Crippen LogP contribution is 2.32. The first kappa shape index (κ1) is 11.9. The minimum absolute atomic E-state index is 0.197. The zero-order valence-electron chi connectivity index (χ0n) is 10.2. The van der Waals surface area contributed by atoms with Crippen molar-refractivity contribution in [3.8, 4) is 11.8 Å². The molecule has 3 heteroatoms. The van der Waals surface area contributed by atoms with E-state index in [0.29, 0.717) is 0 Å². The number of ether oxygens (including phenoxy) is 1. The first-order valence-electron chi connectivity index (χ1n) is 6.03. The summed E-state index contributed by atoms with van der Waals surface area (Å²) in [6.07, 6.45) is 2.68. The van der Waals surface area contributed by atoms with Gasteiger partial charge in [-0.05, 0) is 50.0 Å². The second-order valence-electron chi connectivity index (χ2n) is 4.67. The van der Waals surface area contributed by atoms with Gasteiger partial charge in [0.1, 0.15) is 5.75 Å². The van der Waals surface area contributed by atoms with Gasteiger partial charge < -0.3 is 10.1 Å². The molecule has 0 radical (unpaired) electrons. The van der Waals surface area contributed by atoms with Crippen LogP contribution < -0.4 is 10.1 Å². The van der Waals surface area contributed by atoms with Crippen LogP contribution in [0.5, 0.6) is 5.75 Å². The Kier molecular flexibility index (Phi) is 3.65. The molecule has 1 aliphatic rings. The highest BCUT2D eigenvalue weighted by molar-refractivity contribution is 5.30. The van der Waals surface area contributed by atoms with Crippen molar-refractivity contribution in [3.05, 3.63) is 29.8 Å². The van der Waals surface area contributed by atoms with Gasteiger partial charge in [-0.3, -0.25) is 0 Å². The van der Waals surface area contributed by atoms with Crippen molar-refractivity contribution in [1.29, 1.82) is 5.26 Å². The first-order chi connectivity index (χ1) is 8.28. The van der Waals surface area contributed by atoms with Gasteiger partial charge in [0.15, 0.2) is 0 Å². The predicted molar refractivity (Wildman–Crippen MR) is 66.8 cm³/mol. The van der Waals surface area contributed by atoms with Crippen LogP contribution in [-0.2, 0) is 6.42 Å². The van der Waals surface area contributed by atoms with Crippen LogP contribution >= 0.6 is 0 Å². The zero-order chi connectivity index (χ0) is 12.1. The maximum atomic E-state index is 9.42. The number of nitrogens with zero attached hydrogens (tertiary/aromatic N) is 1. The van der Waals surface area contributed by atoms with Crippen LogP contribution in [0.4, 0.5) is 0 Å². The number of piperidine rings is 1. The smallest absolute Gasteiger partial charge is 0.119 e. The van der Waals surface area contributed by atoms with Gasteiger partial charge in [0.05, 0.1) is 18.6 Å². The third kappa shape index (κ3) is 2.78. The quantitative estimate of drug-likeness (QED) is 0.865. The van der Waals surface area contributed by atoms with Gasteiger partial charge in [0, 0.05) is 0 Å². The summed E-state index contributed by atoms with van der Waals surface area (Å²) < 4.78 is 5.22. The van der Waals surface area contributed by atoms with Crippen LogP contribution in [0.15, 0.2) is 24.3 Å². The van der Waals surface area contributed by atoms with E-state index in [4.69, 9.17) is 4.74 Å². The standard InChI is InChI=1S/C14H18N2O/c1-17-13-4-2-3-12(9-13)10-14(11-15)5-7-16-8-6-14/h2-4,9,16H,5-8,10H2,1H3. The summed E-state index contributed by atoms with van der Waals surface area (Å²) in [5, 5.41) is 12.7. The molecule has 17 heavy (non-hydrogen) atoms. The fourth-order valence-electron chi connectivity index (χ4n) is 2.41. The number of methoxy groups -OCH3 is 1. The summed E-state index contributed by atoms with van der Waals surface area (Å²) in [5.74, 6) is 0.865. The molecule has 1 N–H and O–H groups in total. The van der Waals surface area contributed by atoms with E-state index in [1.54, 1.807) is 7.11 Å². The Labute approximate surface area is 102 Å². The van der Waals surface area contributed by atoms with Gasteiger partial charge in [0.25, 0.3) is 0 Å². The normalized spacial score (nSPS) is 18.4. The van der Waals surface area contributed by atoms with Crippen LogP contribution in [0.25, 0.3) is 0 Å². The molecule has 0 unspecified atom stereocenters. The third-order valence-corrected chi connectivity index (χ3v) is 3.47. The van der Waals surface area contributed by atoms with E-state index < -0.39 is 0 Å². The molecule has 1 saturated heterocycles. The van der Waals surface area contributed by atoms with Gasteiger partial charge >= 0.3 is 0 Å². The van der Waals surface area contributed by atoms with E-state index >= 15 is 0 Å². The molecule has 90 valence electrons. The number of nitriles is 1. The molecule has 2 rings (SSSR count). The van der Waals surface area contributed by atoms with E-state index in [2.05, 4.69) is 17.5 Å². The molecule has 1 aromatic carbocycles. The lowest BCUT2D eigenvalue weighted by atomic mass is 9.75. The summed E-state index contributed by atoms with van der Waals surface area (Å²) in [5.41, 5.74) is 0.991. The fraction of sp³-hybridized carbons (Fsp3) is 0.500. The molecular weight excluding hydrogens is 212 g/mol. The topological polar surface area (TPSA) is 45.0 Å². The lowest BCUT2D eigenvalue weighted by Gasteiger charge is -2.31. The molecule has 1 fully saturated rings. The summed E-state index contributed by atoms with van der Waals surface area (Å²) in [6.45, 7) is 1.88. The van der Waals surface area contributed by atoms with Crippen molar-refractivity contribution in [3.63, 3.8) is 0 Å². The van der Waals surface area contributed by atoms with E-state index in [9.17, 15) is 5.26 Å². The lowest BCUT2D eigenvalue weighted by molar-refractivity contribution is 0.280. The monoisotopic (exact) mass is 230 g/mol. The summed E-state index contributed by atoms with van der Waals surface area (Å²) >= 11 is 0. The van der Waals surface area contributed by atoms with E-state index in [1.807, 2.05) is 18.2 Å². The van der Waals surface area contributed by atoms with E-state index in [-0.39, 0.29) is 5.41 Å². The molecule has 0 aliphatic carbocycles. The van der Waals surface area contributed by atoms with Crippen LogP contribution in [0, 0.1) is 16.7 Å². The predicted octanol–water partition coefficient (Wildman–Crippen LogP) is 2.13. The number of nitrogens with one attached hydrogen (secondary N) is 1. The van der Waals surface area contributed by atoms with Crippen molar-refractivity contribution < 1.29 is 4.74 Å². The van der Waals surface area contributed by atoms with E-state index in [1.165, 1.54) is 5.56 Å². The third-order valence-electron chi connectivity index (χ3n) is 3.47. The molecule has 0 amide bonds. The molecule has 0 spiro atoms. The molecular formula is C14H18N2O. The Hall–Kier alpha value is -1.53. The molecule has 0 aromatic heterocycles. The number of benzene rings is 1. The Morgan fingerprint density at radius 2 is 2.18 bits per heavy atom. The van der Waals surface area contributed by atoms with Crippen molar-refractivity contribution in [1.82, 2.24) is 5.32 Å². The number of hydrogen-bond acceptors (Lipinski definition) is 3. The molecule has 0 saturated carbocycles. The van der Waals surface area contributed by atoms with Crippen LogP contribution in [-0.4, -0.2) is 20.2 Å². The van der Waals surface area contributed by atoms with Crippen molar-refractivity contribution in [2.45, 2.75) is 19.3 Å². The first-order valence-corrected chi connectivity index (χ1v) is 6.03. The van der Waals surface area contributed by atoms with Crippen molar-refractivity contribution in [2.24, 2.45) is 5.41 Å². The fourth-order valence-corrected chi connectivity index (χ4v) is 2.41. The van der Waals surface area contributed by atoms with Crippen LogP contribution in [0.1, 0.15) is 18.4 Å². The highest BCUT2D eigenvalue weighted by Gasteiger charge is 2.32. The molecule has 1 aromatic rings. The largest absolute Gasteiger partial charge is 0.497 e. The van der Waals surface area contributed by atoms with Crippen molar-refractivity contribution >= 4 is 0 Å². The van der Waals surface area contributed by atoms with Gasteiger partial charge in [-0.1, -0.05) is 12.1 Å². The van der Waals surface area contributed by atoms with Gasteiger partial charge in [0.2, 0.25) is 0 Å². The summed E-state index contributed by atoms with van der Waals surface area (Å²) in [6, 6.07) is 10.5. The van der Waals surface area contributed by atoms with Gasteiger partial charge in [-0.2, -0.15) is 5.26 Å². The summed E-state index contributed by atoms with van der Waals surface area (Å²) in [4.78, 5) is 0. The minimum Gasteiger partial charge on any atom is -0.497 e. The van der Waals surface area contributed by atoms with Gasteiger partial charge in [-0.25, -0.2) is 0 Å². The molecule has 3 nitrogen and oxygen atoms in total. The molecule has 0 bridgehead atoms. The average Bonchev–Trinajstić information content (AvgIpc) is 2.40. The Bertz CT molecular complexity index is 416. The average molecular weight is 230 g/mol. The SMILES string of the molecule is COc1cccc(CC2(C#N)CCNCC2)c1. The lowest BCUT2D eigenvalue weighted by Crippen LogP contribution is -2.37. The molecule has 1 aliphatic heterocycles. The minimum atomic E-state index is -0.197. The van der Waals surface area contributed by atoms with Crippen LogP contribution in [0.3, 0.4) is 0 Å². The summed E-state index contributed by atoms with van der Waals surface area (Å²) in [7, 11) is 1.67. The second kappa shape index (κ2) is 5.20. The highest BCUT2D eigenvalue weighted by atomic mass is 16.5. The van der Waals surface area contributed by atoms with E-state index in [0.717, 1.165) is 38.1 Å². The number of hydrogen-bond donors (Lipinski definition) is 1. The zero-order valence-corrected chi connectivity index (χ0v) is 10.2. The van der Waals surface area contributed by atoms with Crippen LogP contribution in [0.2, 0.25) is 0 Å². The maximum Gasteiger partial charge on any atom is 0.119 e. The van der Waals surface area contributed by atoms with Gasteiger partial charge in [-0.15, -0.1) is 0 Å². The molecule has 0 atom stereocenters. The molecule has 1 heterocycles. The Morgan fingerprint density at radius 1 is 1.41 bits per heavy atom. The second-order valence-corrected chi connectivity index (χ2v) is 4.67. The Balaban J connectivity index is 2.15. The maximum absolute atomic E-state index is 9.42.